The van der Waals surface area contributed by atoms with E-state index in [2.05, 4.69) is 0 Å². The van der Waals surface area contributed by atoms with Crippen molar-refractivity contribution in [2.45, 2.75) is 31.0 Å². The van der Waals surface area contributed by atoms with E-state index in [-0.39, 0.29) is 24.7 Å². The van der Waals surface area contributed by atoms with Gasteiger partial charge in [0.1, 0.15) is 22.8 Å². The number of phenolic OH excluding ortho intramolecular Hbond substituents is 1. The van der Waals surface area contributed by atoms with E-state index in [1.807, 2.05) is 0 Å². The molecule has 0 fully saturated rings. The zero-order valence-corrected chi connectivity index (χ0v) is 24.6. The number of Topliss-reactive ketones (excluding diaryl/α,β-unsaturated/α-hetero) is 2. The molecule has 2 heterocycles. The van der Waals surface area contributed by atoms with Crippen molar-refractivity contribution in [1.29, 1.82) is 0 Å². The molecular weight excluding hydrogens is 614 g/mol. The maximum atomic E-state index is 14.6. The Bertz CT molecular complexity index is 2050. The highest BCUT2D eigenvalue weighted by atomic mass is 16.7. The third kappa shape index (κ3) is 3.69. The molecule has 3 aromatic rings. The molecule has 0 spiro atoms. The van der Waals surface area contributed by atoms with E-state index in [0.717, 1.165) is 0 Å². The van der Waals surface area contributed by atoms with E-state index in [4.69, 9.17) is 24.7 Å². The summed E-state index contributed by atoms with van der Waals surface area (Å²) in [6.07, 6.45) is -2.25. The summed E-state index contributed by atoms with van der Waals surface area (Å²) in [4.78, 5) is 40.1. The average molecular weight is 642 g/mol. The molecule has 0 aromatic heterocycles. The highest BCUT2D eigenvalue weighted by Crippen LogP contribution is 2.58. The highest BCUT2D eigenvalue weighted by molar-refractivity contribution is 6.25. The summed E-state index contributed by atoms with van der Waals surface area (Å²) >= 11 is 0. The number of aliphatic hydroxyl groups is 4. The zero-order chi connectivity index (χ0) is 33.1. The van der Waals surface area contributed by atoms with Gasteiger partial charge in [0.05, 0.1) is 11.7 Å². The van der Waals surface area contributed by atoms with Crippen molar-refractivity contribution in [3.05, 3.63) is 76.3 Å². The van der Waals surface area contributed by atoms with Crippen molar-refractivity contribution >= 4 is 17.5 Å². The molecule has 2 aliphatic heterocycles. The topological polar surface area (TPSA) is 215 Å². The maximum absolute atomic E-state index is 14.6. The standard InChI is InChI=1S/C34H27NO12/c1-12-22-15(13-5-6-19-21(7-13)46-10-44-19)8-16(14-3-2-4-20-30(14)47-11-45-20)27(37)25(22)29(39)26-23(12)28(38)17-9-18(36)24(33(35)42)31(40)34(17,43)32(26)41/h2-8,12,17,23,28,36-38,41,43H,9-11H2,1H3,(H2,35,42)/t12-,17+,23+,28+,34+/m0/s1. The predicted molar refractivity (Wildman–Crippen MR) is 160 cm³/mol. The molecule has 13 nitrogen and oxygen atoms in total. The molecule has 0 radical (unpaired) electrons. The first-order valence-electron chi connectivity index (χ1n) is 14.8. The normalized spacial score (nSPS) is 27.0. The zero-order valence-electron chi connectivity index (χ0n) is 24.6. The number of primary amides is 1. The molecule has 13 heteroatoms. The van der Waals surface area contributed by atoms with Crippen LogP contribution in [0.2, 0.25) is 0 Å². The fourth-order valence-electron chi connectivity index (χ4n) is 7.80. The van der Waals surface area contributed by atoms with Crippen molar-refractivity contribution in [1.82, 2.24) is 0 Å². The number of carbonyl (C=O) groups is 3. The van der Waals surface area contributed by atoms with Crippen LogP contribution in [0.5, 0.6) is 28.7 Å². The molecule has 1 amide bonds. The first-order chi connectivity index (χ1) is 22.4. The minimum Gasteiger partial charge on any atom is -0.511 e. The second kappa shape index (κ2) is 9.74. The summed E-state index contributed by atoms with van der Waals surface area (Å²) in [6.45, 7) is 1.64. The lowest BCUT2D eigenvalue weighted by atomic mass is 9.56. The SMILES string of the molecule is C[C@H]1c2c(-c3ccc4c(c3)OCO4)cc(-c3cccc4c3OCO4)c(O)c2C(=O)C2=C(O)[C@]3(O)C(=O)C(C(N)=O)=C(O)C[C@@H]3[C@@H](O)[C@@H]21. The van der Waals surface area contributed by atoms with Gasteiger partial charge in [-0.25, -0.2) is 0 Å². The number of phenols is 1. The summed E-state index contributed by atoms with van der Waals surface area (Å²) in [5, 5.41) is 57.6. The molecule has 0 saturated carbocycles. The number of aliphatic hydroxyl groups excluding tert-OH is 3. The summed E-state index contributed by atoms with van der Waals surface area (Å²) in [5.74, 6) is -7.88. The molecule has 5 atom stereocenters. The second-order valence-electron chi connectivity index (χ2n) is 12.2. The van der Waals surface area contributed by atoms with Gasteiger partial charge < -0.3 is 50.2 Å². The van der Waals surface area contributed by atoms with Gasteiger partial charge in [-0.1, -0.05) is 25.1 Å². The van der Waals surface area contributed by atoms with E-state index in [0.29, 0.717) is 45.3 Å². The van der Waals surface area contributed by atoms with Gasteiger partial charge >= 0.3 is 0 Å². The van der Waals surface area contributed by atoms with Gasteiger partial charge in [0.25, 0.3) is 5.91 Å². The number of ketones is 2. The van der Waals surface area contributed by atoms with Gasteiger partial charge in [0.2, 0.25) is 19.4 Å². The number of hydrogen-bond acceptors (Lipinski definition) is 12. The van der Waals surface area contributed by atoms with Crippen LogP contribution in [0.15, 0.2) is 65.1 Å². The third-order valence-corrected chi connectivity index (χ3v) is 9.96. The summed E-state index contributed by atoms with van der Waals surface area (Å²) in [5.41, 5.74) is 2.65. The van der Waals surface area contributed by atoms with Crippen LogP contribution >= 0.6 is 0 Å². The number of fused-ring (bicyclic) bond motifs is 5. The predicted octanol–water partition coefficient (Wildman–Crippen LogP) is 2.90. The molecule has 240 valence electrons. The Labute approximate surface area is 265 Å². The van der Waals surface area contributed by atoms with Crippen LogP contribution in [0.1, 0.15) is 35.2 Å². The number of benzene rings is 3. The van der Waals surface area contributed by atoms with E-state index >= 15 is 0 Å². The lowest BCUT2D eigenvalue weighted by Crippen LogP contribution is -2.62. The second-order valence-corrected chi connectivity index (χ2v) is 12.2. The first-order valence-corrected chi connectivity index (χ1v) is 14.8. The number of rotatable bonds is 3. The van der Waals surface area contributed by atoms with Crippen LogP contribution < -0.4 is 24.7 Å². The van der Waals surface area contributed by atoms with Gasteiger partial charge in [0, 0.05) is 35.0 Å². The van der Waals surface area contributed by atoms with Crippen LogP contribution in [-0.2, 0) is 9.59 Å². The molecule has 8 rings (SSSR count). The van der Waals surface area contributed by atoms with Crippen molar-refractivity contribution in [2.24, 2.45) is 17.6 Å². The summed E-state index contributed by atoms with van der Waals surface area (Å²) in [7, 11) is 0. The average Bonchev–Trinajstić information content (AvgIpc) is 3.72. The fourth-order valence-corrected chi connectivity index (χ4v) is 7.80. The number of para-hydroxylation sites is 1. The molecule has 0 saturated heterocycles. The number of allylic oxidation sites excluding steroid dienone is 1. The molecule has 3 aliphatic carbocycles. The lowest BCUT2D eigenvalue weighted by molar-refractivity contribution is -0.154. The van der Waals surface area contributed by atoms with Crippen LogP contribution in [0.25, 0.3) is 22.3 Å². The molecule has 5 aliphatic rings. The van der Waals surface area contributed by atoms with Crippen molar-refractivity contribution in [3.63, 3.8) is 0 Å². The van der Waals surface area contributed by atoms with E-state index in [9.17, 15) is 39.9 Å². The highest BCUT2D eigenvalue weighted by Gasteiger charge is 2.64. The van der Waals surface area contributed by atoms with Crippen LogP contribution in [-0.4, -0.2) is 68.3 Å². The smallest absolute Gasteiger partial charge is 0.255 e. The van der Waals surface area contributed by atoms with Gasteiger partial charge in [-0.2, -0.15) is 0 Å². The molecule has 47 heavy (non-hydrogen) atoms. The fraction of sp³-hybridized carbons (Fsp3) is 0.265. The Hall–Kier alpha value is -5.53. The van der Waals surface area contributed by atoms with Crippen molar-refractivity contribution in [3.8, 4) is 51.0 Å². The Balaban J connectivity index is 1.41. The quantitative estimate of drug-likeness (QED) is 0.228. The first kappa shape index (κ1) is 28.9. The molecule has 0 bridgehead atoms. The number of amides is 1. The minimum atomic E-state index is -2.95. The van der Waals surface area contributed by atoms with Gasteiger partial charge in [-0.3, -0.25) is 14.4 Å². The van der Waals surface area contributed by atoms with Crippen LogP contribution in [0.3, 0.4) is 0 Å². The Kier molecular flexibility index (Phi) is 5.99. The number of nitrogens with two attached hydrogens (primary N) is 1. The van der Waals surface area contributed by atoms with E-state index in [1.54, 1.807) is 49.4 Å². The molecule has 7 N–H and O–H groups in total. The molecule has 3 aromatic carbocycles. The number of ether oxygens (including phenoxy) is 4. The van der Waals surface area contributed by atoms with Crippen LogP contribution in [0, 0.1) is 11.8 Å². The van der Waals surface area contributed by atoms with E-state index < -0.39 is 81.8 Å². The van der Waals surface area contributed by atoms with Gasteiger partial charge in [-0.15, -0.1) is 0 Å². The monoisotopic (exact) mass is 641 g/mol. The van der Waals surface area contributed by atoms with E-state index in [1.165, 1.54) is 0 Å². The minimum absolute atomic E-state index is 0.0174. The third-order valence-electron chi connectivity index (χ3n) is 9.96. The maximum Gasteiger partial charge on any atom is 0.255 e. The summed E-state index contributed by atoms with van der Waals surface area (Å²) in [6, 6.07) is 11.9. The molecular formula is C34H27NO12. The van der Waals surface area contributed by atoms with Crippen LogP contribution in [0.4, 0.5) is 0 Å². The Morgan fingerprint density at radius 2 is 1.64 bits per heavy atom. The Morgan fingerprint density at radius 1 is 0.915 bits per heavy atom. The lowest BCUT2D eigenvalue weighted by Gasteiger charge is -2.50. The Morgan fingerprint density at radius 3 is 2.40 bits per heavy atom. The number of carbonyl (C=O) groups excluding carboxylic acids is 3. The molecule has 0 unspecified atom stereocenters. The van der Waals surface area contributed by atoms with Gasteiger partial charge in [-0.05, 0) is 46.9 Å². The largest absolute Gasteiger partial charge is 0.511 e. The van der Waals surface area contributed by atoms with Gasteiger partial charge in [0.15, 0.2) is 34.4 Å². The van der Waals surface area contributed by atoms with Crippen molar-refractivity contribution in [2.75, 3.05) is 13.6 Å². The number of aromatic hydroxyl groups is 1. The van der Waals surface area contributed by atoms with Crippen molar-refractivity contribution < 1.29 is 58.9 Å². The number of hydrogen-bond donors (Lipinski definition) is 6. The summed E-state index contributed by atoms with van der Waals surface area (Å²) < 4.78 is 22.3.